The average molecular weight is 315 g/mol. The van der Waals surface area contributed by atoms with Crippen molar-refractivity contribution in [3.8, 4) is 5.75 Å². The molecule has 7 nitrogen and oxygen atoms in total. The number of carboxylic acid groups (broad SMARTS) is 1. The van der Waals surface area contributed by atoms with E-state index in [1.54, 1.807) is 0 Å². The maximum atomic E-state index is 12.0. The highest BCUT2D eigenvalue weighted by Crippen LogP contribution is 2.23. The Kier molecular flexibility index (Phi) is 4.81. The molecule has 1 aromatic carbocycles. The van der Waals surface area contributed by atoms with Gasteiger partial charge >= 0.3 is 5.97 Å². The topological polar surface area (TPSA) is 113 Å². The molecule has 0 amide bonds. The number of carboxylic acids is 1. The molecule has 1 fully saturated rings. The van der Waals surface area contributed by atoms with E-state index < -0.39 is 22.1 Å². The van der Waals surface area contributed by atoms with Crippen molar-refractivity contribution in [3.63, 3.8) is 0 Å². The third kappa shape index (κ3) is 4.42. The molecule has 0 aromatic heterocycles. The van der Waals surface area contributed by atoms with Crippen LogP contribution in [0, 0.1) is 0 Å². The summed E-state index contributed by atoms with van der Waals surface area (Å²) in [5, 5.41) is 17.6. The average Bonchev–Trinajstić information content (AvgIpc) is 2.37. The van der Waals surface area contributed by atoms with E-state index in [1.165, 1.54) is 24.3 Å². The zero-order valence-electron chi connectivity index (χ0n) is 11.2. The zero-order chi connectivity index (χ0) is 15.5. The molecule has 0 atom stereocenters. The van der Waals surface area contributed by atoms with E-state index in [1.807, 2.05) is 0 Å². The van der Waals surface area contributed by atoms with Crippen LogP contribution in [0.15, 0.2) is 29.2 Å². The van der Waals surface area contributed by atoms with Crippen molar-refractivity contribution in [1.29, 1.82) is 0 Å². The second-order valence-electron chi connectivity index (χ2n) is 4.91. The predicted octanol–water partition coefficient (Wildman–Crippen LogP) is 0.342. The van der Waals surface area contributed by atoms with Gasteiger partial charge in [0.15, 0.2) is 0 Å². The van der Waals surface area contributed by atoms with Crippen LogP contribution >= 0.6 is 0 Å². The third-order valence-corrected chi connectivity index (χ3v) is 4.69. The number of hydrogen-bond donors (Lipinski definition) is 3. The number of aliphatic carboxylic acids is 1. The SMILES string of the molecule is O=C(O)CCOc1ccc(S(=O)(=O)NC2CC(O)C2)cc1. The molecule has 1 saturated carbocycles. The second kappa shape index (κ2) is 6.42. The molecule has 1 aliphatic carbocycles. The summed E-state index contributed by atoms with van der Waals surface area (Å²) in [6, 6.07) is 5.52. The van der Waals surface area contributed by atoms with Gasteiger partial charge in [0.05, 0.1) is 24.0 Å². The van der Waals surface area contributed by atoms with Gasteiger partial charge in [-0.1, -0.05) is 0 Å². The van der Waals surface area contributed by atoms with Crippen molar-refractivity contribution >= 4 is 16.0 Å². The Morgan fingerprint density at radius 1 is 1.29 bits per heavy atom. The number of rotatable bonds is 7. The number of carbonyl (C=O) groups is 1. The van der Waals surface area contributed by atoms with Gasteiger partial charge in [0.2, 0.25) is 10.0 Å². The number of nitrogens with one attached hydrogen (secondary N) is 1. The molecule has 0 bridgehead atoms. The standard InChI is InChI=1S/C13H17NO6S/c15-10-7-9(8-10)14-21(18,19)12-3-1-11(2-4-12)20-6-5-13(16)17/h1-4,9-10,14-15H,5-8H2,(H,16,17). The predicted molar refractivity (Wildman–Crippen MR) is 73.5 cm³/mol. The highest BCUT2D eigenvalue weighted by atomic mass is 32.2. The number of sulfonamides is 1. The quantitative estimate of drug-likeness (QED) is 0.669. The Hall–Kier alpha value is -1.64. The summed E-state index contributed by atoms with van der Waals surface area (Å²) in [6.07, 6.45) is 0.305. The fraction of sp³-hybridized carbons (Fsp3) is 0.462. The molecule has 0 radical (unpaired) electrons. The summed E-state index contributed by atoms with van der Waals surface area (Å²) in [6.45, 7) is 0.0274. The maximum Gasteiger partial charge on any atom is 0.306 e. The van der Waals surface area contributed by atoms with Gasteiger partial charge in [-0.15, -0.1) is 0 Å². The smallest absolute Gasteiger partial charge is 0.306 e. The number of aliphatic hydroxyl groups is 1. The molecule has 0 spiro atoms. The van der Waals surface area contributed by atoms with E-state index in [2.05, 4.69) is 4.72 Å². The molecule has 3 N–H and O–H groups in total. The Balaban J connectivity index is 1.92. The largest absolute Gasteiger partial charge is 0.493 e. The minimum Gasteiger partial charge on any atom is -0.493 e. The molecule has 2 rings (SSSR count). The van der Waals surface area contributed by atoms with Gasteiger partial charge in [0.1, 0.15) is 5.75 Å². The van der Waals surface area contributed by atoms with E-state index >= 15 is 0 Å². The molecule has 0 saturated heterocycles. The molecule has 1 aliphatic rings. The van der Waals surface area contributed by atoms with Crippen LogP contribution in [-0.4, -0.2) is 43.4 Å². The monoisotopic (exact) mass is 315 g/mol. The number of benzene rings is 1. The lowest BCUT2D eigenvalue weighted by Crippen LogP contribution is -2.46. The number of hydrogen-bond acceptors (Lipinski definition) is 5. The van der Waals surface area contributed by atoms with Crippen molar-refractivity contribution in [3.05, 3.63) is 24.3 Å². The van der Waals surface area contributed by atoms with E-state index in [4.69, 9.17) is 14.9 Å². The normalized spacial score (nSPS) is 21.6. The third-order valence-electron chi connectivity index (χ3n) is 3.15. The van der Waals surface area contributed by atoms with E-state index in [0.717, 1.165) is 0 Å². The lowest BCUT2D eigenvalue weighted by Gasteiger charge is -2.31. The summed E-state index contributed by atoms with van der Waals surface area (Å²) in [5.41, 5.74) is 0. The van der Waals surface area contributed by atoms with Gasteiger partial charge < -0.3 is 14.9 Å². The van der Waals surface area contributed by atoms with Crippen LogP contribution < -0.4 is 9.46 Å². The molecule has 0 heterocycles. The Bertz CT molecular complexity index is 592. The first kappa shape index (κ1) is 15.7. The van der Waals surface area contributed by atoms with Crippen LogP contribution in [0.3, 0.4) is 0 Å². The number of aliphatic hydroxyl groups excluding tert-OH is 1. The first-order valence-corrected chi connectivity index (χ1v) is 8.00. The Labute approximate surface area is 122 Å². The minimum absolute atomic E-state index is 0.0274. The lowest BCUT2D eigenvalue weighted by atomic mass is 9.91. The van der Waals surface area contributed by atoms with Crippen LogP contribution in [0.4, 0.5) is 0 Å². The van der Waals surface area contributed by atoms with E-state index in [0.29, 0.717) is 18.6 Å². The summed E-state index contributed by atoms with van der Waals surface area (Å²) in [4.78, 5) is 10.5. The Morgan fingerprint density at radius 3 is 2.43 bits per heavy atom. The second-order valence-corrected chi connectivity index (χ2v) is 6.62. The fourth-order valence-corrected chi connectivity index (χ4v) is 3.20. The summed E-state index contributed by atoms with van der Waals surface area (Å²) < 4.78 is 31.8. The van der Waals surface area contributed by atoms with Gasteiger partial charge in [-0.25, -0.2) is 13.1 Å². The van der Waals surface area contributed by atoms with Crippen LogP contribution in [0.2, 0.25) is 0 Å². The fourth-order valence-electron chi connectivity index (χ4n) is 1.94. The zero-order valence-corrected chi connectivity index (χ0v) is 12.0. The van der Waals surface area contributed by atoms with Crippen LogP contribution in [0.25, 0.3) is 0 Å². The molecule has 8 heteroatoms. The molecule has 116 valence electrons. The molecule has 0 aliphatic heterocycles. The molecule has 21 heavy (non-hydrogen) atoms. The van der Waals surface area contributed by atoms with Gasteiger partial charge in [-0.05, 0) is 37.1 Å². The molecular weight excluding hydrogens is 298 g/mol. The highest BCUT2D eigenvalue weighted by Gasteiger charge is 2.31. The molecular formula is C13H17NO6S. The van der Waals surface area contributed by atoms with E-state index in [-0.39, 0.29) is 24.0 Å². The van der Waals surface area contributed by atoms with Gasteiger partial charge in [-0.2, -0.15) is 0 Å². The maximum absolute atomic E-state index is 12.0. The van der Waals surface area contributed by atoms with Crippen molar-refractivity contribution < 1.29 is 28.2 Å². The van der Waals surface area contributed by atoms with Crippen molar-refractivity contribution in [2.45, 2.75) is 36.3 Å². The first-order valence-electron chi connectivity index (χ1n) is 6.52. The minimum atomic E-state index is -3.61. The lowest BCUT2D eigenvalue weighted by molar-refractivity contribution is -0.137. The van der Waals surface area contributed by atoms with Crippen LogP contribution in [0.5, 0.6) is 5.75 Å². The summed E-state index contributed by atoms with van der Waals surface area (Å²) in [7, 11) is -3.61. The Morgan fingerprint density at radius 2 is 1.90 bits per heavy atom. The number of ether oxygens (including phenoxy) is 1. The van der Waals surface area contributed by atoms with Crippen molar-refractivity contribution in [1.82, 2.24) is 4.72 Å². The first-order chi connectivity index (χ1) is 9.87. The van der Waals surface area contributed by atoms with E-state index in [9.17, 15) is 13.2 Å². The molecule has 1 aromatic rings. The van der Waals surface area contributed by atoms with Gasteiger partial charge in [-0.3, -0.25) is 4.79 Å². The summed E-state index contributed by atoms with van der Waals surface area (Å²) in [5.74, 6) is -0.546. The highest BCUT2D eigenvalue weighted by molar-refractivity contribution is 7.89. The van der Waals surface area contributed by atoms with Crippen LogP contribution in [0.1, 0.15) is 19.3 Å². The van der Waals surface area contributed by atoms with Gasteiger partial charge in [0.25, 0.3) is 0 Å². The van der Waals surface area contributed by atoms with Crippen LogP contribution in [-0.2, 0) is 14.8 Å². The molecule has 0 unspecified atom stereocenters. The van der Waals surface area contributed by atoms with Crippen molar-refractivity contribution in [2.75, 3.05) is 6.61 Å². The summed E-state index contributed by atoms with van der Waals surface area (Å²) >= 11 is 0. The van der Waals surface area contributed by atoms with Gasteiger partial charge in [0, 0.05) is 6.04 Å². The van der Waals surface area contributed by atoms with Crippen molar-refractivity contribution in [2.24, 2.45) is 0 Å².